The van der Waals surface area contributed by atoms with Gasteiger partial charge in [-0.05, 0) is 44.2 Å². The molecule has 11 heteroatoms. The molecule has 1 N–H and O–H groups in total. The molecule has 0 bridgehead atoms. The van der Waals surface area contributed by atoms with Crippen LogP contribution < -0.4 is 10.2 Å². The molecular formula is C19H18F4N6O. The van der Waals surface area contributed by atoms with Gasteiger partial charge in [0.25, 0.3) is 5.91 Å². The Morgan fingerprint density at radius 3 is 2.47 bits per heavy atom. The average Bonchev–Trinajstić information content (AvgIpc) is 3.16. The van der Waals surface area contributed by atoms with Gasteiger partial charge < -0.3 is 10.2 Å². The summed E-state index contributed by atoms with van der Waals surface area (Å²) in [6.45, 7) is 5.38. The zero-order chi connectivity index (χ0) is 21.9. The van der Waals surface area contributed by atoms with Crippen molar-refractivity contribution in [1.29, 1.82) is 0 Å². The van der Waals surface area contributed by atoms with Gasteiger partial charge in [-0.25, -0.2) is 14.1 Å². The summed E-state index contributed by atoms with van der Waals surface area (Å²) in [6, 6.07) is 7.58. The van der Waals surface area contributed by atoms with Crippen molar-refractivity contribution in [2.24, 2.45) is 0 Å². The maximum absolute atomic E-state index is 13.7. The number of hydrogen-bond donors (Lipinski definition) is 1. The molecule has 0 atom stereocenters. The SMILES string of the molecule is CCN(CC)c1ccc(NC(=O)c2nnn(-c3cccc(F)c3)c2C(F)(F)F)cn1. The lowest BCUT2D eigenvalue weighted by Crippen LogP contribution is -2.23. The Morgan fingerprint density at radius 1 is 1.17 bits per heavy atom. The maximum Gasteiger partial charge on any atom is 0.435 e. The van der Waals surface area contributed by atoms with Crippen LogP contribution in [0.15, 0.2) is 42.6 Å². The summed E-state index contributed by atoms with van der Waals surface area (Å²) in [5, 5.41) is 9.14. The average molecular weight is 422 g/mol. The Morgan fingerprint density at radius 2 is 1.90 bits per heavy atom. The van der Waals surface area contributed by atoms with Crippen molar-refractivity contribution in [3.05, 3.63) is 59.8 Å². The summed E-state index contributed by atoms with van der Waals surface area (Å²) in [4.78, 5) is 18.7. The largest absolute Gasteiger partial charge is 0.435 e. The molecule has 30 heavy (non-hydrogen) atoms. The smallest absolute Gasteiger partial charge is 0.357 e. The lowest BCUT2D eigenvalue weighted by molar-refractivity contribution is -0.143. The molecule has 0 spiro atoms. The Kier molecular flexibility index (Phi) is 5.99. The zero-order valence-electron chi connectivity index (χ0n) is 16.1. The van der Waals surface area contributed by atoms with Crippen LogP contribution in [0.3, 0.4) is 0 Å². The third-order valence-corrected chi connectivity index (χ3v) is 4.30. The van der Waals surface area contributed by atoms with Gasteiger partial charge in [-0.1, -0.05) is 11.3 Å². The van der Waals surface area contributed by atoms with Crippen LogP contribution in [-0.4, -0.2) is 39.0 Å². The van der Waals surface area contributed by atoms with Gasteiger partial charge in [0.15, 0.2) is 11.4 Å². The van der Waals surface area contributed by atoms with E-state index in [0.29, 0.717) is 10.5 Å². The second-order valence-corrected chi connectivity index (χ2v) is 6.21. The Labute approximate surface area is 169 Å². The van der Waals surface area contributed by atoms with Gasteiger partial charge >= 0.3 is 6.18 Å². The molecule has 0 saturated carbocycles. The number of nitrogens with zero attached hydrogens (tertiary/aromatic N) is 5. The summed E-state index contributed by atoms with van der Waals surface area (Å²) in [5.41, 5.74) is -2.35. The zero-order valence-corrected chi connectivity index (χ0v) is 16.1. The first kappa shape index (κ1) is 21.2. The lowest BCUT2D eigenvalue weighted by Gasteiger charge is -2.19. The van der Waals surface area contributed by atoms with E-state index in [4.69, 9.17) is 0 Å². The molecule has 0 aliphatic carbocycles. The summed E-state index contributed by atoms with van der Waals surface area (Å²) in [7, 11) is 0. The normalized spacial score (nSPS) is 11.4. The highest BCUT2D eigenvalue weighted by Gasteiger charge is 2.42. The topological polar surface area (TPSA) is 75.9 Å². The van der Waals surface area contributed by atoms with E-state index in [-0.39, 0.29) is 11.4 Å². The first-order chi connectivity index (χ1) is 14.2. The molecule has 2 aromatic heterocycles. The molecule has 0 fully saturated rings. The summed E-state index contributed by atoms with van der Waals surface area (Å²) in [6.07, 6.45) is -3.61. The number of aromatic nitrogens is 4. The molecule has 1 amide bonds. The molecule has 3 rings (SSSR count). The van der Waals surface area contributed by atoms with E-state index in [1.54, 1.807) is 6.07 Å². The Bertz CT molecular complexity index is 1030. The number of carbonyl (C=O) groups excluding carboxylic acids is 1. The van der Waals surface area contributed by atoms with Gasteiger partial charge in [0, 0.05) is 13.1 Å². The predicted molar refractivity (Wildman–Crippen MR) is 102 cm³/mol. The second-order valence-electron chi connectivity index (χ2n) is 6.21. The van der Waals surface area contributed by atoms with Crippen molar-refractivity contribution < 1.29 is 22.4 Å². The predicted octanol–water partition coefficient (Wildman–Crippen LogP) is 3.92. The Balaban J connectivity index is 1.91. The summed E-state index contributed by atoms with van der Waals surface area (Å²) in [5.74, 6) is -1.19. The third-order valence-electron chi connectivity index (χ3n) is 4.30. The van der Waals surface area contributed by atoms with Crippen LogP contribution in [0.1, 0.15) is 30.0 Å². The van der Waals surface area contributed by atoms with Gasteiger partial charge in [0.1, 0.15) is 11.6 Å². The van der Waals surface area contributed by atoms with Crippen molar-refractivity contribution in [1.82, 2.24) is 20.0 Å². The molecule has 2 heterocycles. The molecule has 0 aliphatic heterocycles. The molecule has 0 radical (unpaired) electrons. The second kappa shape index (κ2) is 8.47. The van der Waals surface area contributed by atoms with Gasteiger partial charge in [-0.2, -0.15) is 13.2 Å². The van der Waals surface area contributed by atoms with Crippen molar-refractivity contribution >= 4 is 17.4 Å². The number of rotatable bonds is 6. The number of hydrogen-bond acceptors (Lipinski definition) is 5. The number of anilines is 2. The van der Waals surface area contributed by atoms with Gasteiger partial charge in [0.2, 0.25) is 0 Å². The number of pyridine rings is 1. The quantitative estimate of drug-likeness (QED) is 0.610. The molecule has 1 aromatic carbocycles. The first-order valence-electron chi connectivity index (χ1n) is 9.05. The highest BCUT2D eigenvalue weighted by atomic mass is 19.4. The fraction of sp³-hybridized carbons (Fsp3) is 0.263. The van der Waals surface area contributed by atoms with Crippen molar-refractivity contribution in [2.75, 3.05) is 23.3 Å². The molecule has 0 saturated heterocycles. The highest BCUT2D eigenvalue weighted by molar-refractivity contribution is 6.03. The van der Waals surface area contributed by atoms with Crippen LogP contribution >= 0.6 is 0 Å². The van der Waals surface area contributed by atoms with Crippen LogP contribution in [0.5, 0.6) is 0 Å². The molecule has 7 nitrogen and oxygen atoms in total. The van der Waals surface area contributed by atoms with Crippen LogP contribution in [-0.2, 0) is 6.18 Å². The highest BCUT2D eigenvalue weighted by Crippen LogP contribution is 2.33. The van der Waals surface area contributed by atoms with E-state index < -0.39 is 29.3 Å². The number of alkyl halides is 3. The molecular weight excluding hydrogens is 404 g/mol. The van der Waals surface area contributed by atoms with Gasteiger partial charge in [-0.3, -0.25) is 4.79 Å². The monoisotopic (exact) mass is 422 g/mol. The molecule has 158 valence electrons. The van der Waals surface area contributed by atoms with Crippen LogP contribution in [0.4, 0.5) is 29.1 Å². The molecule has 0 aliphatic rings. The molecule has 3 aromatic rings. The van der Waals surface area contributed by atoms with Crippen molar-refractivity contribution in [2.45, 2.75) is 20.0 Å². The minimum Gasteiger partial charge on any atom is -0.357 e. The number of amides is 1. The Hall–Kier alpha value is -3.50. The minimum atomic E-state index is -4.95. The summed E-state index contributed by atoms with van der Waals surface area (Å²) >= 11 is 0. The standard InChI is InChI=1S/C19H18F4N6O/c1-3-28(4-2)15-9-8-13(11-24-15)25-18(30)16-17(19(21,22)23)29(27-26-16)14-7-5-6-12(20)10-14/h5-11H,3-4H2,1-2H3,(H,25,30). The van der Waals surface area contributed by atoms with Crippen molar-refractivity contribution in [3.8, 4) is 5.69 Å². The van der Waals surface area contributed by atoms with Crippen LogP contribution in [0.2, 0.25) is 0 Å². The number of halogens is 4. The van der Waals surface area contributed by atoms with Gasteiger partial charge in [0.05, 0.1) is 17.6 Å². The van der Waals surface area contributed by atoms with Gasteiger partial charge in [-0.15, -0.1) is 5.10 Å². The number of carbonyl (C=O) groups is 1. The number of benzene rings is 1. The summed E-state index contributed by atoms with van der Waals surface area (Å²) < 4.78 is 54.8. The van der Waals surface area contributed by atoms with E-state index in [2.05, 4.69) is 20.6 Å². The van der Waals surface area contributed by atoms with Crippen molar-refractivity contribution in [3.63, 3.8) is 0 Å². The fourth-order valence-electron chi connectivity index (χ4n) is 2.86. The first-order valence-corrected chi connectivity index (χ1v) is 9.05. The lowest BCUT2D eigenvalue weighted by atomic mass is 10.2. The van der Waals surface area contributed by atoms with Crippen LogP contribution in [0.25, 0.3) is 5.69 Å². The minimum absolute atomic E-state index is 0.198. The third kappa shape index (κ3) is 4.39. The van der Waals surface area contributed by atoms with Crippen LogP contribution in [0, 0.1) is 5.82 Å². The van der Waals surface area contributed by atoms with E-state index >= 15 is 0 Å². The number of nitrogens with one attached hydrogen (secondary N) is 1. The maximum atomic E-state index is 13.7. The van der Waals surface area contributed by atoms with E-state index in [1.165, 1.54) is 24.4 Å². The molecule has 0 unspecified atom stereocenters. The van der Waals surface area contributed by atoms with E-state index in [1.807, 2.05) is 18.7 Å². The van der Waals surface area contributed by atoms with E-state index in [9.17, 15) is 22.4 Å². The van der Waals surface area contributed by atoms with E-state index in [0.717, 1.165) is 25.2 Å². The fourth-order valence-corrected chi connectivity index (χ4v) is 2.86.